The highest BCUT2D eigenvalue weighted by Gasteiger charge is 2.28. The number of aliphatic imine (C=N–C) groups is 1. The minimum absolute atomic E-state index is 0.0308. The van der Waals surface area contributed by atoms with Crippen molar-refractivity contribution in [1.82, 2.24) is 9.88 Å². The zero-order chi connectivity index (χ0) is 22.7. The third-order valence-corrected chi connectivity index (χ3v) is 6.66. The van der Waals surface area contributed by atoms with Gasteiger partial charge in [0.15, 0.2) is 0 Å². The fourth-order valence-corrected chi connectivity index (χ4v) is 4.69. The van der Waals surface area contributed by atoms with Crippen molar-refractivity contribution in [3.05, 3.63) is 58.9 Å². The molecule has 32 heavy (non-hydrogen) atoms. The first kappa shape index (κ1) is 21.8. The lowest BCUT2D eigenvalue weighted by Gasteiger charge is -2.20. The van der Waals surface area contributed by atoms with Gasteiger partial charge in [0.2, 0.25) is 0 Å². The van der Waals surface area contributed by atoms with Gasteiger partial charge in [-0.1, -0.05) is 31.9 Å². The molecule has 0 atom stereocenters. The smallest absolute Gasteiger partial charge is 0.254 e. The summed E-state index contributed by atoms with van der Waals surface area (Å²) in [5, 5.41) is 9.41. The van der Waals surface area contributed by atoms with Crippen molar-refractivity contribution in [3.8, 4) is 17.3 Å². The Hall–Kier alpha value is -3.46. The van der Waals surface area contributed by atoms with Gasteiger partial charge in [-0.3, -0.25) is 9.79 Å². The summed E-state index contributed by atoms with van der Waals surface area (Å²) in [7, 11) is 0. The summed E-state index contributed by atoms with van der Waals surface area (Å²) in [4.78, 5) is 23.8. The van der Waals surface area contributed by atoms with E-state index in [1.807, 2.05) is 42.3 Å². The molecule has 1 amide bonds. The molecule has 1 saturated carbocycles. The highest BCUT2D eigenvalue weighted by atomic mass is 16.2. The van der Waals surface area contributed by atoms with Crippen LogP contribution in [0.3, 0.4) is 0 Å². The Morgan fingerprint density at radius 1 is 1.31 bits per heavy atom. The minimum Gasteiger partial charge on any atom is -0.404 e. The number of nitrogens with zero attached hydrogens (tertiary/aromatic N) is 4. The lowest BCUT2D eigenvalue weighted by Crippen LogP contribution is -2.22. The standard InChI is InChI=1S/C26H29N5O/c1-3-31-16-19-7-6-18(12-23(19)25(31)32)24-22(9-8-21(14-28)30-24)20(13-27)15-29-17-26(2)10-4-5-11-26/h6-9,12-13,15H,3-5,10-11,16-17,27H2,1-2H3/b20-13+,29-15?. The largest absolute Gasteiger partial charge is 0.404 e. The number of carbonyl (C=O) groups is 1. The monoisotopic (exact) mass is 427 g/mol. The summed E-state index contributed by atoms with van der Waals surface area (Å²) in [5.74, 6) is 0.0308. The molecule has 0 radical (unpaired) electrons. The van der Waals surface area contributed by atoms with E-state index in [0.717, 1.165) is 28.8 Å². The van der Waals surface area contributed by atoms with Crippen LogP contribution in [0.25, 0.3) is 16.8 Å². The number of fused-ring (bicyclic) bond motifs is 1. The van der Waals surface area contributed by atoms with Crippen LogP contribution >= 0.6 is 0 Å². The van der Waals surface area contributed by atoms with Gasteiger partial charge >= 0.3 is 0 Å². The van der Waals surface area contributed by atoms with E-state index in [-0.39, 0.29) is 11.3 Å². The summed E-state index contributed by atoms with van der Waals surface area (Å²) in [6.45, 7) is 6.33. The molecule has 1 aliphatic heterocycles. The molecule has 4 rings (SSSR count). The molecule has 0 bridgehead atoms. The average Bonchev–Trinajstić information content (AvgIpc) is 3.39. The first-order valence-electron chi connectivity index (χ1n) is 11.2. The molecule has 0 unspecified atom stereocenters. The molecule has 1 fully saturated rings. The Labute approximate surface area is 189 Å². The number of allylic oxidation sites excluding steroid dienone is 1. The van der Waals surface area contributed by atoms with Crippen molar-refractivity contribution in [3.63, 3.8) is 0 Å². The average molecular weight is 428 g/mol. The summed E-state index contributed by atoms with van der Waals surface area (Å²) >= 11 is 0. The number of benzene rings is 1. The van der Waals surface area contributed by atoms with Crippen LogP contribution in [0.1, 0.15) is 66.7 Å². The summed E-state index contributed by atoms with van der Waals surface area (Å²) in [6.07, 6.45) is 8.28. The molecule has 6 heteroatoms. The van der Waals surface area contributed by atoms with E-state index in [0.29, 0.717) is 30.0 Å². The van der Waals surface area contributed by atoms with Crippen molar-refractivity contribution in [1.29, 1.82) is 5.26 Å². The zero-order valence-electron chi connectivity index (χ0n) is 18.8. The van der Waals surface area contributed by atoms with Gasteiger partial charge in [-0.05, 0) is 48.9 Å². The molecular weight excluding hydrogens is 398 g/mol. The normalized spacial score (nSPS) is 17.7. The molecule has 1 aromatic carbocycles. The second kappa shape index (κ2) is 8.96. The number of hydrogen-bond acceptors (Lipinski definition) is 5. The minimum atomic E-state index is 0.0308. The second-order valence-corrected chi connectivity index (χ2v) is 9.01. The maximum absolute atomic E-state index is 12.7. The number of pyridine rings is 1. The molecule has 2 aromatic rings. The van der Waals surface area contributed by atoms with Gasteiger partial charge in [0.05, 0.1) is 5.69 Å². The number of nitriles is 1. The van der Waals surface area contributed by atoms with Gasteiger partial charge in [0.25, 0.3) is 5.91 Å². The molecule has 0 spiro atoms. The van der Waals surface area contributed by atoms with E-state index in [1.54, 1.807) is 6.07 Å². The van der Waals surface area contributed by atoms with E-state index in [4.69, 9.17) is 10.7 Å². The molecule has 164 valence electrons. The fourth-order valence-electron chi connectivity index (χ4n) is 4.69. The van der Waals surface area contributed by atoms with E-state index in [9.17, 15) is 10.1 Å². The highest BCUT2D eigenvalue weighted by molar-refractivity contribution is 6.12. The fraction of sp³-hybridized carbons (Fsp3) is 0.385. The van der Waals surface area contributed by atoms with Gasteiger partial charge in [0, 0.05) is 54.3 Å². The third kappa shape index (κ3) is 4.16. The molecule has 1 aromatic heterocycles. The predicted molar refractivity (Wildman–Crippen MR) is 127 cm³/mol. The highest BCUT2D eigenvalue weighted by Crippen LogP contribution is 2.38. The van der Waals surface area contributed by atoms with Gasteiger partial charge in [-0.25, -0.2) is 4.98 Å². The van der Waals surface area contributed by atoms with Crippen LogP contribution in [-0.2, 0) is 6.54 Å². The zero-order valence-corrected chi connectivity index (χ0v) is 18.8. The quantitative estimate of drug-likeness (QED) is 0.684. The van der Waals surface area contributed by atoms with Gasteiger partial charge in [-0.2, -0.15) is 5.26 Å². The summed E-state index contributed by atoms with van der Waals surface area (Å²) < 4.78 is 0. The maximum Gasteiger partial charge on any atom is 0.254 e. The number of amides is 1. The van der Waals surface area contributed by atoms with Gasteiger partial charge in [-0.15, -0.1) is 0 Å². The molecule has 1 aliphatic carbocycles. The lowest BCUT2D eigenvalue weighted by atomic mass is 9.89. The van der Waals surface area contributed by atoms with E-state index >= 15 is 0 Å². The first-order valence-corrected chi connectivity index (χ1v) is 11.2. The van der Waals surface area contributed by atoms with Crippen molar-refractivity contribution in [2.24, 2.45) is 16.1 Å². The molecular formula is C26H29N5O. The van der Waals surface area contributed by atoms with Crippen LogP contribution in [-0.4, -0.2) is 35.1 Å². The number of aromatic nitrogens is 1. The molecule has 0 saturated heterocycles. The Morgan fingerprint density at radius 2 is 2.09 bits per heavy atom. The Morgan fingerprint density at radius 3 is 2.78 bits per heavy atom. The molecule has 2 aliphatic rings. The third-order valence-electron chi connectivity index (χ3n) is 6.66. The van der Waals surface area contributed by atoms with Gasteiger partial charge < -0.3 is 10.6 Å². The van der Waals surface area contributed by atoms with E-state index in [2.05, 4.69) is 18.0 Å². The molecule has 2 N–H and O–H groups in total. The maximum atomic E-state index is 12.7. The van der Waals surface area contributed by atoms with Crippen molar-refractivity contribution >= 4 is 17.7 Å². The molecule has 2 heterocycles. The number of carbonyl (C=O) groups excluding carboxylic acids is 1. The molecule has 6 nitrogen and oxygen atoms in total. The van der Waals surface area contributed by atoms with Crippen molar-refractivity contribution in [2.45, 2.75) is 46.1 Å². The second-order valence-electron chi connectivity index (χ2n) is 9.01. The lowest BCUT2D eigenvalue weighted by molar-refractivity contribution is 0.0787. The number of rotatable bonds is 6. The topological polar surface area (TPSA) is 95.4 Å². The SMILES string of the molecule is CCN1Cc2ccc(-c3nc(C#N)ccc3/C(C=NCC3(C)CCCC3)=C/N)cc2C1=O. The van der Waals surface area contributed by atoms with Crippen LogP contribution < -0.4 is 5.73 Å². The number of nitrogens with two attached hydrogens (primary N) is 1. The summed E-state index contributed by atoms with van der Waals surface area (Å²) in [6, 6.07) is 11.5. The summed E-state index contributed by atoms with van der Waals surface area (Å²) in [5.41, 5.74) is 11.2. The van der Waals surface area contributed by atoms with Crippen LogP contribution in [0.5, 0.6) is 0 Å². The van der Waals surface area contributed by atoms with Crippen molar-refractivity contribution < 1.29 is 4.79 Å². The van der Waals surface area contributed by atoms with Crippen LogP contribution in [0.15, 0.2) is 41.5 Å². The van der Waals surface area contributed by atoms with Crippen LogP contribution in [0.2, 0.25) is 0 Å². The van der Waals surface area contributed by atoms with E-state index in [1.165, 1.54) is 31.9 Å². The first-order chi connectivity index (χ1) is 15.5. The Kier molecular flexibility index (Phi) is 6.09. The predicted octanol–water partition coefficient (Wildman–Crippen LogP) is 4.55. The van der Waals surface area contributed by atoms with Crippen molar-refractivity contribution in [2.75, 3.05) is 13.1 Å². The van der Waals surface area contributed by atoms with E-state index < -0.39 is 0 Å². The van der Waals surface area contributed by atoms with Crippen LogP contribution in [0, 0.1) is 16.7 Å². The van der Waals surface area contributed by atoms with Crippen LogP contribution in [0.4, 0.5) is 0 Å². The Bertz CT molecular complexity index is 1140. The number of hydrogen-bond donors (Lipinski definition) is 1. The van der Waals surface area contributed by atoms with Gasteiger partial charge in [0.1, 0.15) is 11.8 Å². The Balaban J connectivity index is 1.70.